The molecule has 0 fully saturated rings. The predicted octanol–water partition coefficient (Wildman–Crippen LogP) is 3.51. The van der Waals surface area contributed by atoms with Gasteiger partial charge in [0.05, 0.1) is 11.6 Å². The van der Waals surface area contributed by atoms with E-state index in [1.807, 2.05) is 60.7 Å². The van der Waals surface area contributed by atoms with Gasteiger partial charge in [-0.1, -0.05) is 54.6 Å². The lowest BCUT2D eigenvalue weighted by Crippen LogP contribution is -2.03. The van der Waals surface area contributed by atoms with Gasteiger partial charge >= 0.3 is 0 Å². The van der Waals surface area contributed by atoms with Crippen LogP contribution in [0.4, 0.5) is 0 Å². The monoisotopic (exact) mass is 249 g/mol. The van der Waals surface area contributed by atoms with E-state index in [9.17, 15) is 5.11 Å². The fourth-order valence-corrected chi connectivity index (χ4v) is 2.21. The van der Waals surface area contributed by atoms with Gasteiger partial charge in [0.1, 0.15) is 0 Å². The molecular formula is C17H15NO. The van der Waals surface area contributed by atoms with Crippen molar-refractivity contribution in [3.05, 3.63) is 78.0 Å². The first-order valence-electron chi connectivity index (χ1n) is 6.40. The van der Waals surface area contributed by atoms with Gasteiger partial charge in [0.25, 0.3) is 0 Å². The highest BCUT2D eigenvalue weighted by atomic mass is 16.3. The van der Waals surface area contributed by atoms with Crippen LogP contribution in [0.15, 0.2) is 66.7 Å². The van der Waals surface area contributed by atoms with Crippen molar-refractivity contribution in [2.24, 2.45) is 0 Å². The molecule has 3 rings (SSSR count). The number of aliphatic hydroxyl groups is 1. The highest BCUT2D eigenvalue weighted by Gasteiger charge is 2.09. The maximum Gasteiger partial charge on any atom is 0.0845 e. The number of nitrogens with zero attached hydrogens (tertiary/aromatic N) is 1. The number of para-hydroxylation sites is 1. The first-order chi connectivity index (χ1) is 9.33. The number of fused-ring (bicyclic) bond motifs is 1. The molecule has 94 valence electrons. The van der Waals surface area contributed by atoms with E-state index in [0.717, 1.165) is 22.2 Å². The Labute approximate surface area is 112 Å². The van der Waals surface area contributed by atoms with Gasteiger partial charge in [0.15, 0.2) is 0 Å². The third-order valence-corrected chi connectivity index (χ3v) is 3.24. The summed E-state index contributed by atoms with van der Waals surface area (Å²) in [7, 11) is 0. The zero-order valence-corrected chi connectivity index (χ0v) is 10.5. The average Bonchev–Trinajstić information content (AvgIpc) is 2.48. The second kappa shape index (κ2) is 5.21. The van der Waals surface area contributed by atoms with Gasteiger partial charge in [-0.05, 0) is 17.7 Å². The second-order valence-electron chi connectivity index (χ2n) is 4.63. The summed E-state index contributed by atoms with van der Waals surface area (Å²) in [5, 5.41) is 11.3. The quantitative estimate of drug-likeness (QED) is 0.770. The van der Waals surface area contributed by atoms with E-state index in [2.05, 4.69) is 11.1 Å². The molecule has 19 heavy (non-hydrogen) atoms. The van der Waals surface area contributed by atoms with Crippen molar-refractivity contribution in [1.29, 1.82) is 0 Å². The summed E-state index contributed by atoms with van der Waals surface area (Å²) >= 11 is 0. The Morgan fingerprint density at radius 3 is 2.42 bits per heavy atom. The van der Waals surface area contributed by atoms with Crippen LogP contribution in [0.5, 0.6) is 0 Å². The Morgan fingerprint density at radius 2 is 1.58 bits per heavy atom. The highest BCUT2D eigenvalue weighted by Crippen LogP contribution is 2.19. The normalized spacial score (nSPS) is 12.5. The summed E-state index contributed by atoms with van der Waals surface area (Å²) in [6, 6.07) is 21.7. The van der Waals surface area contributed by atoms with Gasteiger partial charge in [-0.2, -0.15) is 0 Å². The van der Waals surface area contributed by atoms with Crippen molar-refractivity contribution in [3.63, 3.8) is 0 Å². The van der Waals surface area contributed by atoms with Gasteiger partial charge in [-0.25, -0.2) is 0 Å². The lowest BCUT2D eigenvalue weighted by Gasteiger charge is -2.10. The largest absolute Gasteiger partial charge is 0.388 e. The number of hydrogen-bond acceptors (Lipinski definition) is 2. The first-order valence-corrected chi connectivity index (χ1v) is 6.40. The third-order valence-electron chi connectivity index (χ3n) is 3.24. The van der Waals surface area contributed by atoms with Crippen LogP contribution >= 0.6 is 0 Å². The summed E-state index contributed by atoms with van der Waals surface area (Å²) in [5.41, 5.74) is 2.81. The van der Waals surface area contributed by atoms with E-state index in [4.69, 9.17) is 0 Å². The summed E-state index contributed by atoms with van der Waals surface area (Å²) < 4.78 is 0. The Balaban J connectivity index is 1.85. The Bertz CT molecular complexity index is 679. The van der Waals surface area contributed by atoms with Crippen molar-refractivity contribution in [1.82, 2.24) is 4.98 Å². The van der Waals surface area contributed by atoms with Crippen LogP contribution in [0.2, 0.25) is 0 Å². The fourth-order valence-electron chi connectivity index (χ4n) is 2.21. The van der Waals surface area contributed by atoms with E-state index in [0.29, 0.717) is 6.42 Å². The molecule has 0 bridgehead atoms. The molecule has 2 nitrogen and oxygen atoms in total. The number of aromatic nitrogens is 1. The van der Waals surface area contributed by atoms with E-state index in [-0.39, 0.29) is 0 Å². The molecule has 0 unspecified atom stereocenters. The average molecular weight is 249 g/mol. The number of aliphatic hydroxyl groups excluding tert-OH is 1. The molecule has 0 aliphatic heterocycles. The molecule has 3 aromatic rings. The zero-order chi connectivity index (χ0) is 13.1. The van der Waals surface area contributed by atoms with Gasteiger partial charge < -0.3 is 5.11 Å². The van der Waals surface area contributed by atoms with Gasteiger partial charge in [-0.15, -0.1) is 0 Å². The van der Waals surface area contributed by atoms with Crippen LogP contribution in [-0.2, 0) is 6.42 Å². The molecule has 0 aliphatic carbocycles. The van der Waals surface area contributed by atoms with Gasteiger partial charge in [0, 0.05) is 17.5 Å². The Hall–Kier alpha value is -2.19. The summed E-state index contributed by atoms with van der Waals surface area (Å²) in [4.78, 5) is 4.58. The SMILES string of the molecule is O[C@@H](Cc1ccc2ccccc2n1)c1ccccc1. The van der Waals surface area contributed by atoms with Crippen molar-refractivity contribution in [3.8, 4) is 0 Å². The zero-order valence-electron chi connectivity index (χ0n) is 10.5. The Kier molecular flexibility index (Phi) is 3.25. The molecule has 2 aromatic carbocycles. The third kappa shape index (κ3) is 2.64. The highest BCUT2D eigenvalue weighted by molar-refractivity contribution is 5.78. The van der Waals surface area contributed by atoms with Crippen LogP contribution in [-0.4, -0.2) is 10.1 Å². The van der Waals surface area contributed by atoms with Crippen LogP contribution in [0, 0.1) is 0 Å². The maximum absolute atomic E-state index is 10.2. The van der Waals surface area contributed by atoms with Crippen molar-refractivity contribution in [2.75, 3.05) is 0 Å². The van der Waals surface area contributed by atoms with E-state index >= 15 is 0 Å². The van der Waals surface area contributed by atoms with E-state index < -0.39 is 6.10 Å². The van der Waals surface area contributed by atoms with E-state index in [1.165, 1.54) is 0 Å². The smallest absolute Gasteiger partial charge is 0.0845 e. The molecule has 1 heterocycles. The molecule has 1 N–H and O–H groups in total. The summed E-state index contributed by atoms with van der Waals surface area (Å²) in [5.74, 6) is 0. The van der Waals surface area contributed by atoms with Gasteiger partial charge in [-0.3, -0.25) is 4.98 Å². The van der Waals surface area contributed by atoms with Crippen molar-refractivity contribution >= 4 is 10.9 Å². The molecule has 1 atom stereocenters. The lowest BCUT2D eigenvalue weighted by atomic mass is 10.0. The van der Waals surface area contributed by atoms with Crippen molar-refractivity contribution < 1.29 is 5.11 Å². The number of rotatable bonds is 3. The topological polar surface area (TPSA) is 33.1 Å². The minimum absolute atomic E-state index is 0.505. The predicted molar refractivity (Wildman–Crippen MR) is 76.8 cm³/mol. The minimum Gasteiger partial charge on any atom is -0.388 e. The van der Waals surface area contributed by atoms with Gasteiger partial charge in [0.2, 0.25) is 0 Å². The molecule has 0 saturated carbocycles. The number of hydrogen-bond donors (Lipinski definition) is 1. The fraction of sp³-hybridized carbons (Fsp3) is 0.118. The summed E-state index contributed by atoms with van der Waals surface area (Å²) in [6.07, 6.45) is 0.0318. The van der Waals surface area contributed by atoms with Crippen LogP contribution in [0.3, 0.4) is 0 Å². The number of pyridine rings is 1. The molecule has 1 aromatic heterocycles. The maximum atomic E-state index is 10.2. The summed E-state index contributed by atoms with van der Waals surface area (Å²) in [6.45, 7) is 0. The standard InChI is InChI=1S/C17H15NO/c19-17(14-7-2-1-3-8-14)12-15-11-10-13-6-4-5-9-16(13)18-15/h1-11,17,19H,12H2/t17-/m0/s1. The molecule has 2 heteroatoms. The Morgan fingerprint density at radius 1 is 0.842 bits per heavy atom. The van der Waals surface area contributed by atoms with Crippen LogP contribution < -0.4 is 0 Å². The molecule has 0 saturated heterocycles. The van der Waals surface area contributed by atoms with Crippen molar-refractivity contribution in [2.45, 2.75) is 12.5 Å². The molecule has 0 spiro atoms. The van der Waals surface area contributed by atoms with Crippen LogP contribution in [0.25, 0.3) is 10.9 Å². The van der Waals surface area contributed by atoms with Crippen LogP contribution in [0.1, 0.15) is 17.4 Å². The molecule has 0 amide bonds. The molecule has 0 aliphatic rings. The second-order valence-corrected chi connectivity index (χ2v) is 4.63. The molecular weight excluding hydrogens is 234 g/mol. The van der Waals surface area contributed by atoms with E-state index in [1.54, 1.807) is 0 Å². The lowest BCUT2D eigenvalue weighted by molar-refractivity contribution is 0.177. The molecule has 0 radical (unpaired) electrons. The number of benzene rings is 2. The minimum atomic E-state index is -0.505. The first kappa shape index (κ1) is 11.9.